The fraction of sp³-hybridized carbons (Fsp3) is 0.188. The van der Waals surface area contributed by atoms with Crippen LogP contribution in [0.3, 0.4) is 0 Å². The van der Waals surface area contributed by atoms with Crippen molar-refractivity contribution in [3.8, 4) is 5.75 Å². The number of sulfonamides is 1. The van der Waals surface area contributed by atoms with E-state index in [0.29, 0.717) is 11.4 Å². The molecule has 2 aromatic rings. The van der Waals surface area contributed by atoms with Crippen molar-refractivity contribution in [2.45, 2.75) is 4.90 Å². The lowest BCUT2D eigenvalue weighted by Crippen LogP contribution is -2.35. The zero-order valence-corrected chi connectivity index (χ0v) is 16.0. The molecule has 2 aromatic carbocycles. The first-order valence-electron chi connectivity index (χ1n) is 7.49. The molecule has 2 rings (SSSR count). The van der Waals surface area contributed by atoms with Crippen LogP contribution < -0.4 is 10.1 Å². The average Bonchev–Trinajstić information content (AvgIpc) is 2.61. The van der Waals surface area contributed by atoms with Gasteiger partial charge in [0.25, 0.3) is 5.69 Å². The second kappa shape index (κ2) is 8.33. The van der Waals surface area contributed by atoms with Gasteiger partial charge in [-0.15, -0.1) is 0 Å². The molecule has 0 saturated heterocycles. The molecule has 1 amide bonds. The molecule has 0 aliphatic heterocycles. The van der Waals surface area contributed by atoms with Crippen LogP contribution in [0.1, 0.15) is 0 Å². The minimum atomic E-state index is -4.13. The summed E-state index contributed by atoms with van der Waals surface area (Å²) in [6, 6.07) is 9.68. The number of rotatable bonds is 7. The number of anilines is 1. The van der Waals surface area contributed by atoms with Crippen LogP contribution in [0, 0.1) is 10.1 Å². The summed E-state index contributed by atoms with van der Waals surface area (Å²) in [5, 5.41) is 13.3. The predicted octanol–water partition coefficient (Wildman–Crippen LogP) is 2.52. The third-order valence-electron chi connectivity index (χ3n) is 3.54. The zero-order valence-electron chi connectivity index (χ0n) is 14.4. The van der Waals surface area contributed by atoms with Gasteiger partial charge in [-0.2, -0.15) is 4.31 Å². The third-order valence-corrected chi connectivity index (χ3v) is 5.66. The maximum absolute atomic E-state index is 12.6. The molecule has 144 valence electrons. The Morgan fingerprint density at radius 2 is 2.00 bits per heavy atom. The van der Waals surface area contributed by atoms with Crippen LogP contribution in [-0.2, 0) is 14.8 Å². The molecule has 1 N–H and O–H groups in total. The van der Waals surface area contributed by atoms with E-state index >= 15 is 0 Å². The average molecular weight is 414 g/mol. The molecule has 11 heteroatoms. The maximum Gasteiger partial charge on any atom is 0.289 e. The van der Waals surface area contributed by atoms with Crippen molar-refractivity contribution in [1.29, 1.82) is 0 Å². The van der Waals surface area contributed by atoms with Gasteiger partial charge in [-0.3, -0.25) is 14.9 Å². The Bertz CT molecular complexity index is 980. The number of benzene rings is 2. The number of hydrogen-bond donors (Lipinski definition) is 1. The molecule has 0 aromatic heterocycles. The first-order valence-corrected chi connectivity index (χ1v) is 9.31. The lowest BCUT2D eigenvalue weighted by atomic mass is 10.3. The Morgan fingerprint density at radius 1 is 1.30 bits per heavy atom. The van der Waals surface area contributed by atoms with E-state index in [2.05, 4.69) is 5.32 Å². The normalized spacial score (nSPS) is 11.3. The van der Waals surface area contributed by atoms with Crippen molar-refractivity contribution in [2.24, 2.45) is 0 Å². The number of carbonyl (C=O) groups is 1. The minimum absolute atomic E-state index is 0.183. The van der Waals surface area contributed by atoms with Crippen LogP contribution >= 0.6 is 11.6 Å². The van der Waals surface area contributed by atoms with Crippen molar-refractivity contribution < 1.29 is 22.9 Å². The number of halogens is 1. The Labute approximate surface area is 160 Å². The SMILES string of the molecule is COc1cccc(NC(=O)CN(C)S(=O)(=O)c2ccc(Cl)c([N+](=O)[O-])c2)c1. The van der Waals surface area contributed by atoms with Gasteiger partial charge in [0.15, 0.2) is 0 Å². The van der Waals surface area contributed by atoms with E-state index < -0.39 is 33.1 Å². The van der Waals surface area contributed by atoms with E-state index in [1.54, 1.807) is 24.3 Å². The summed E-state index contributed by atoms with van der Waals surface area (Å²) in [7, 11) is -1.45. The number of nitrogens with zero attached hydrogens (tertiary/aromatic N) is 2. The van der Waals surface area contributed by atoms with Gasteiger partial charge in [-0.25, -0.2) is 8.42 Å². The van der Waals surface area contributed by atoms with Crippen LogP contribution in [0.5, 0.6) is 5.75 Å². The molecule has 27 heavy (non-hydrogen) atoms. The minimum Gasteiger partial charge on any atom is -0.497 e. The quantitative estimate of drug-likeness (QED) is 0.550. The summed E-state index contributed by atoms with van der Waals surface area (Å²) >= 11 is 5.70. The third kappa shape index (κ3) is 4.94. The highest BCUT2D eigenvalue weighted by Gasteiger charge is 2.26. The Morgan fingerprint density at radius 3 is 2.63 bits per heavy atom. The summed E-state index contributed by atoms with van der Waals surface area (Å²) in [5.74, 6) is -0.0555. The number of ether oxygens (including phenoxy) is 1. The zero-order chi connectivity index (χ0) is 20.2. The molecular formula is C16H16ClN3O6S. The van der Waals surface area contributed by atoms with E-state index in [1.807, 2.05) is 0 Å². The Kier molecular flexibility index (Phi) is 6.37. The van der Waals surface area contributed by atoms with Gasteiger partial charge in [0.2, 0.25) is 15.9 Å². The predicted molar refractivity (Wildman–Crippen MR) is 99.5 cm³/mol. The van der Waals surface area contributed by atoms with E-state index in [4.69, 9.17) is 16.3 Å². The van der Waals surface area contributed by atoms with Crippen molar-refractivity contribution in [3.05, 3.63) is 57.6 Å². The molecule has 0 fully saturated rings. The Balaban J connectivity index is 2.16. The number of hydrogen-bond acceptors (Lipinski definition) is 6. The molecule has 0 spiro atoms. The first-order chi connectivity index (χ1) is 12.6. The molecule has 0 bridgehead atoms. The summed E-state index contributed by atoms with van der Waals surface area (Å²) in [4.78, 5) is 22.0. The standard InChI is InChI=1S/C16H16ClN3O6S/c1-19(10-16(21)18-11-4-3-5-12(8-11)26-2)27(24,25)13-6-7-14(17)15(9-13)20(22)23/h3-9H,10H2,1-2H3,(H,18,21). The number of nitrogens with one attached hydrogen (secondary N) is 1. The highest BCUT2D eigenvalue weighted by atomic mass is 35.5. The lowest BCUT2D eigenvalue weighted by molar-refractivity contribution is -0.384. The van der Waals surface area contributed by atoms with Crippen LogP contribution in [0.25, 0.3) is 0 Å². The highest BCUT2D eigenvalue weighted by molar-refractivity contribution is 7.89. The molecule has 0 aliphatic carbocycles. The molecule has 0 radical (unpaired) electrons. The molecule has 0 heterocycles. The first kappa shape index (κ1) is 20.6. The fourth-order valence-corrected chi connectivity index (χ4v) is 3.50. The molecule has 0 atom stereocenters. The van der Waals surface area contributed by atoms with Crippen molar-refractivity contribution in [3.63, 3.8) is 0 Å². The molecule has 0 saturated carbocycles. The number of nitro groups is 1. The summed E-state index contributed by atoms with van der Waals surface area (Å²) in [5.41, 5.74) is -0.0979. The van der Waals surface area contributed by atoms with Gasteiger partial charge in [-0.05, 0) is 24.3 Å². The summed E-state index contributed by atoms with van der Waals surface area (Å²) in [6.45, 7) is -0.490. The number of nitro benzene ring substituents is 1. The summed E-state index contributed by atoms with van der Waals surface area (Å²) < 4.78 is 31.0. The fourth-order valence-electron chi connectivity index (χ4n) is 2.16. The van der Waals surface area contributed by atoms with Gasteiger partial charge < -0.3 is 10.1 Å². The second-order valence-corrected chi connectivity index (χ2v) is 7.86. The number of likely N-dealkylation sites (N-methyl/N-ethyl adjacent to an activating group) is 1. The van der Waals surface area contributed by atoms with Gasteiger partial charge in [0, 0.05) is 24.9 Å². The van der Waals surface area contributed by atoms with Crippen LogP contribution in [0.2, 0.25) is 5.02 Å². The molecule has 9 nitrogen and oxygen atoms in total. The van der Waals surface area contributed by atoms with Gasteiger partial charge in [-0.1, -0.05) is 17.7 Å². The van der Waals surface area contributed by atoms with Gasteiger partial charge in [0.1, 0.15) is 10.8 Å². The van der Waals surface area contributed by atoms with Crippen LogP contribution in [0.15, 0.2) is 47.4 Å². The maximum atomic E-state index is 12.6. The van der Waals surface area contributed by atoms with Gasteiger partial charge >= 0.3 is 0 Å². The van der Waals surface area contributed by atoms with E-state index in [9.17, 15) is 23.3 Å². The number of amides is 1. The van der Waals surface area contributed by atoms with Crippen LogP contribution in [-0.4, -0.2) is 44.3 Å². The highest BCUT2D eigenvalue weighted by Crippen LogP contribution is 2.28. The number of carbonyl (C=O) groups excluding carboxylic acids is 1. The van der Waals surface area contributed by atoms with Crippen molar-refractivity contribution >= 4 is 38.9 Å². The second-order valence-electron chi connectivity index (χ2n) is 5.41. The molecular weight excluding hydrogens is 398 g/mol. The number of methoxy groups -OCH3 is 1. The van der Waals surface area contributed by atoms with Crippen molar-refractivity contribution in [1.82, 2.24) is 4.31 Å². The van der Waals surface area contributed by atoms with Gasteiger partial charge in [0.05, 0.1) is 23.5 Å². The smallest absolute Gasteiger partial charge is 0.289 e. The lowest BCUT2D eigenvalue weighted by Gasteiger charge is -2.17. The van der Waals surface area contributed by atoms with E-state index in [1.165, 1.54) is 14.2 Å². The Hall–Kier alpha value is -2.69. The largest absolute Gasteiger partial charge is 0.497 e. The monoisotopic (exact) mass is 413 g/mol. The van der Waals surface area contributed by atoms with Crippen LogP contribution in [0.4, 0.5) is 11.4 Å². The van der Waals surface area contributed by atoms with E-state index in [0.717, 1.165) is 22.5 Å². The molecule has 0 aliphatic rings. The topological polar surface area (TPSA) is 119 Å². The molecule has 0 unspecified atom stereocenters. The van der Waals surface area contributed by atoms with E-state index in [-0.39, 0.29) is 9.92 Å². The van der Waals surface area contributed by atoms with Crippen molar-refractivity contribution in [2.75, 3.05) is 26.0 Å². The summed E-state index contributed by atoms with van der Waals surface area (Å²) in [6.07, 6.45) is 0.